The van der Waals surface area contributed by atoms with Crippen LogP contribution < -0.4 is 0 Å². The van der Waals surface area contributed by atoms with Crippen LogP contribution in [0.25, 0.3) is 0 Å². The molecule has 0 aromatic heterocycles. The number of rotatable bonds is 9. The summed E-state index contributed by atoms with van der Waals surface area (Å²) in [5, 5.41) is 26.4. The van der Waals surface area contributed by atoms with Gasteiger partial charge in [0.2, 0.25) is 0 Å². The molecule has 1 saturated heterocycles. The Bertz CT molecular complexity index is 161. The van der Waals surface area contributed by atoms with E-state index in [4.69, 9.17) is 29.5 Å². The highest BCUT2D eigenvalue weighted by Crippen LogP contribution is 2.09. The maximum Gasteiger partial charge on any atom is 0.104 e. The first kappa shape index (κ1) is 12.8. The molecular weight excluding hydrogens is 204 g/mol. The molecule has 1 aliphatic heterocycles. The van der Waals surface area contributed by atoms with E-state index in [1.165, 1.54) is 0 Å². The Morgan fingerprint density at radius 1 is 1.27 bits per heavy atom. The van der Waals surface area contributed by atoms with E-state index in [1.54, 1.807) is 0 Å². The lowest BCUT2D eigenvalue weighted by Crippen LogP contribution is -2.29. The van der Waals surface area contributed by atoms with Gasteiger partial charge in [0.15, 0.2) is 0 Å². The van der Waals surface area contributed by atoms with Crippen LogP contribution in [0.2, 0.25) is 0 Å². The van der Waals surface area contributed by atoms with Gasteiger partial charge in [-0.1, -0.05) is 0 Å². The van der Waals surface area contributed by atoms with Crippen molar-refractivity contribution in [1.29, 1.82) is 0 Å². The molecule has 0 aromatic carbocycles. The number of aliphatic hydroxyl groups is 3. The first-order valence-corrected chi connectivity index (χ1v) is 4.97. The predicted octanol–water partition coefficient (Wildman–Crippen LogP) is -1.87. The molecule has 6 heteroatoms. The number of hydrogen-bond donors (Lipinski definition) is 3. The molecule has 0 spiro atoms. The molecule has 1 rings (SSSR count). The Morgan fingerprint density at radius 3 is 2.53 bits per heavy atom. The maximum absolute atomic E-state index is 8.97. The Kier molecular flexibility index (Phi) is 6.07. The van der Waals surface area contributed by atoms with Gasteiger partial charge in [0.25, 0.3) is 0 Å². The van der Waals surface area contributed by atoms with Crippen LogP contribution >= 0.6 is 0 Å². The first-order chi connectivity index (χ1) is 7.26. The molecule has 1 heterocycles. The highest BCUT2D eigenvalue weighted by Gasteiger charge is 2.24. The van der Waals surface area contributed by atoms with Crippen molar-refractivity contribution in [1.82, 2.24) is 0 Å². The Labute approximate surface area is 88.4 Å². The number of ether oxygens (including phenoxy) is 3. The molecule has 3 N–H and O–H groups in total. The molecule has 0 aromatic rings. The molecule has 0 amide bonds. The zero-order valence-electron chi connectivity index (χ0n) is 8.54. The van der Waals surface area contributed by atoms with Gasteiger partial charge in [-0.25, -0.2) is 0 Å². The Morgan fingerprint density at radius 2 is 2.00 bits per heavy atom. The molecule has 1 aliphatic rings. The van der Waals surface area contributed by atoms with E-state index in [1.807, 2.05) is 0 Å². The van der Waals surface area contributed by atoms with Crippen molar-refractivity contribution in [3.63, 3.8) is 0 Å². The van der Waals surface area contributed by atoms with Gasteiger partial charge in [-0.3, -0.25) is 0 Å². The lowest BCUT2D eigenvalue weighted by Gasteiger charge is -2.16. The predicted molar refractivity (Wildman–Crippen MR) is 50.5 cm³/mol. The average molecular weight is 222 g/mol. The minimum Gasteiger partial charge on any atom is -0.394 e. The number of epoxide rings is 1. The molecular formula is C9H18O6. The fourth-order valence-electron chi connectivity index (χ4n) is 0.949. The largest absolute Gasteiger partial charge is 0.394 e. The Balaban J connectivity index is 1.99. The lowest BCUT2D eigenvalue weighted by atomic mass is 10.4. The van der Waals surface area contributed by atoms with Gasteiger partial charge in [0, 0.05) is 0 Å². The zero-order valence-corrected chi connectivity index (χ0v) is 8.54. The molecule has 1 fully saturated rings. The van der Waals surface area contributed by atoms with Crippen molar-refractivity contribution in [2.45, 2.75) is 18.3 Å². The van der Waals surface area contributed by atoms with Gasteiger partial charge in [0.05, 0.1) is 39.6 Å². The third-order valence-corrected chi connectivity index (χ3v) is 1.95. The fourth-order valence-corrected chi connectivity index (χ4v) is 0.949. The quantitative estimate of drug-likeness (QED) is 0.396. The molecule has 6 nitrogen and oxygen atoms in total. The molecule has 0 saturated carbocycles. The zero-order chi connectivity index (χ0) is 11.1. The molecule has 3 unspecified atom stereocenters. The van der Waals surface area contributed by atoms with E-state index in [-0.39, 0.29) is 32.5 Å². The van der Waals surface area contributed by atoms with Crippen LogP contribution in [0.1, 0.15) is 0 Å². The molecule has 90 valence electrons. The van der Waals surface area contributed by atoms with Crippen LogP contribution in [0, 0.1) is 0 Å². The van der Waals surface area contributed by atoms with Crippen molar-refractivity contribution in [3.8, 4) is 0 Å². The van der Waals surface area contributed by atoms with Gasteiger partial charge >= 0.3 is 0 Å². The van der Waals surface area contributed by atoms with E-state index in [9.17, 15) is 0 Å². The average Bonchev–Trinajstić information content (AvgIpc) is 3.06. The van der Waals surface area contributed by atoms with Gasteiger partial charge in [-0.2, -0.15) is 0 Å². The van der Waals surface area contributed by atoms with Crippen LogP contribution in [-0.4, -0.2) is 73.3 Å². The van der Waals surface area contributed by atoms with Gasteiger partial charge in [-0.05, 0) is 0 Å². The molecule has 0 bridgehead atoms. The summed E-state index contributed by atoms with van der Waals surface area (Å²) in [4.78, 5) is 0. The summed E-state index contributed by atoms with van der Waals surface area (Å²) in [6.07, 6.45) is -1.13. The maximum atomic E-state index is 8.97. The highest BCUT2D eigenvalue weighted by molar-refractivity contribution is 4.69. The van der Waals surface area contributed by atoms with E-state index in [0.717, 1.165) is 0 Å². The normalized spacial score (nSPS) is 23.8. The fraction of sp³-hybridized carbons (Fsp3) is 1.00. The monoisotopic (exact) mass is 222 g/mol. The summed E-state index contributed by atoms with van der Waals surface area (Å²) < 4.78 is 15.3. The molecule has 3 atom stereocenters. The smallest absolute Gasteiger partial charge is 0.104 e. The summed E-state index contributed by atoms with van der Waals surface area (Å²) in [6.45, 7) is 0.929. The molecule has 15 heavy (non-hydrogen) atoms. The van der Waals surface area contributed by atoms with Gasteiger partial charge in [-0.15, -0.1) is 0 Å². The minimum absolute atomic E-state index is 0.0380. The summed E-state index contributed by atoms with van der Waals surface area (Å²) in [6, 6.07) is 0. The SMILES string of the molecule is OCC(O)COCC(CO)OCC1CO1. The molecule has 0 radical (unpaired) electrons. The third kappa shape index (κ3) is 6.03. The summed E-state index contributed by atoms with van der Waals surface area (Å²) in [7, 11) is 0. The highest BCUT2D eigenvalue weighted by atomic mass is 16.6. The van der Waals surface area contributed by atoms with Crippen molar-refractivity contribution >= 4 is 0 Å². The van der Waals surface area contributed by atoms with E-state index < -0.39 is 12.2 Å². The van der Waals surface area contributed by atoms with Gasteiger partial charge in [0.1, 0.15) is 18.3 Å². The van der Waals surface area contributed by atoms with Crippen LogP contribution in [0.5, 0.6) is 0 Å². The van der Waals surface area contributed by atoms with Crippen LogP contribution in [-0.2, 0) is 14.2 Å². The van der Waals surface area contributed by atoms with E-state index in [0.29, 0.717) is 13.2 Å². The van der Waals surface area contributed by atoms with Crippen molar-refractivity contribution < 1.29 is 29.5 Å². The minimum atomic E-state index is -0.879. The van der Waals surface area contributed by atoms with Crippen molar-refractivity contribution in [2.24, 2.45) is 0 Å². The van der Waals surface area contributed by atoms with E-state index in [2.05, 4.69) is 0 Å². The second-order valence-electron chi connectivity index (χ2n) is 3.47. The second-order valence-corrected chi connectivity index (χ2v) is 3.47. The summed E-state index contributed by atoms with van der Waals surface area (Å²) >= 11 is 0. The lowest BCUT2D eigenvalue weighted by molar-refractivity contribution is -0.0667. The Hall–Kier alpha value is -0.240. The number of aliphatic hydroxyl groups excluding tert-OH is 3. The van der Waals surface area contributed by atoms with Crippen molar-refractivity contribution in [3.05, 3.63) is 0 Å². The summed E-state index contributed by atoms with van der Waals surface area (Å²) in [5.41, 5.74) is 0. The second kappa shape index (κ2) is 7.10. The first-order valence-electron chi connectivity index (χ1n) is 4.97. The van der Waals surface area contributed by atoms with Crippen LogP contribution in [0.15, 0.2) is 0 Å². The van der Waals surface area contributed by atoms with E-state index >= 15 is 0 Å². The topological polar surface area (TPSA) is 91.7 Å². The molecule has 0 aliphatic carbocycles. The van der Waals surface area contributed by atoms with Crippen LogP contribution in [0.4, 0.5) is 0 Å². The van der Waals surface area contributed by atoms with Gasteiger partial charge < -0.3 is 29.5 Å². The third-order valence-electron chi connectivity index (χ3n) is 1.95. The van der Waals surface area contributed by atoms with Crippen molar-refractivity contribution in [2.75, 3.05) is 39.6 Å². The standard InChI is InChI=1S/C9H18O6/c10-1-7(12)3-13-4-8(2-11)14-5-9-6-15-9/h7-12H,1-6H2. The summed E-state index contributed by atoms with van der Waals surface area (Å²) in [5.74, 6) is 0. The number of hydrogen-bond acceptors (Lipinski definition) is 6. The van der Waals surface area contributed by atoms with Crippen LogP contribution in [0.3, 0.4) is 0 Å².